The maximum absolute atomic E-state index is 14.6. The summed E-state index contributed by atoms with van der Waals surface area (Å²) in [5, 5.41) is 2.99. The maximum Gasteiger partial charge on any atom is 0.266 e. The molecular weight excluding hydrogens is 417 g/mol. The zero-order valence-corrected chi connectivity index (χ0v) is 16.9. The fourth-order valence-corrected chi connectivity index (χ4v) is 4.02. The number of aromatic nitrogens is 2. The van der Waals surface area contributed by atoms with Gasteiger partial charge in [-0.25, -0.2) is 31.9 Å². The third-order valence-corrected chi connectivity index (χ3v) is 5.91. The highest BCUT2D eigenvalue weighted by Gasteiger charge is 2.56. The third kappa shape index (κ3) is 3.70. The van der Waals surface area contributed by atoms with Crippen LogP contribution in [0.15, 0.2) is 23.8 Å². The zero-order chi connectivity index (χ0) is 22.5. The van der Waals surface area contributed by atoms with E-state index in [0.717, 1.165) is 6.07 Å². The summed E-state index contributed by atoms with van der Waals surface area (Å²) >= 11 is 0. The monoisotopic (exact) mass is 437 g/mol. The summed E-state index contributed by atoms with van der Waals surface area (Å²) in [7, 11) is 0. The van der Waals surface area contributed by atoms with Gasteiger partial charge in [-0.05, 0) is 32.8 Å². The van der Waals surface area contributed by atoms with Gasteiger partial charge in [0.15, 0.2) is 5.78 Å². The van der Waals surface area contributed by atoms with Crippen molar-refractivity contribution in [2.24, 2.45) is 5.41 Å². The molecule has 0 radical (unpaired) electrons. The first-order valence-electron chi connectivity index (χ1n) is 9.88. The number of rotatable bonds is 6. The van der Waals surface area contributed by atoms with Crippen molar-refractivity contribution in [2.75, 3.05) is 5.32 Å². The molecular formula is C22H20F5N3O. The van der Waals surface area contributed by atoms with E-state index in [2.05, 4.69) is 15.3 Å². The number of nitrogens with one attached hydrogen (secondary N) is 1. The van der Waals surface area contributed by atoms with Gasteiger partial charge in [-0.2, -0.15) is 0 Å². The van der Waals surface area contributed by atoms with E-state index in [0.29, 0.717) is 17.1 Å². The van der Waals surface area contributed by atoms with Crippen molar-refractivity contribution in [3.63, 3.8) is 0 Å². The summed E-state index contributed by atoms with van der Waals surface area (Å²) in [4.78, 5) is 21.1. The Kier molecular flexibility index (Phi) is 5.31. The Morgan fingerprint density at radius 2 is 1.77 bits per heavy atom. The van der Waals surface area contributed by atoms with Gasteiger partial charge >= 0.3 is 0 Å². The standard InChI is InChI=1S/C22H20F5N3O/c1-10(12-4-3-5-13(18(12)23)19(24)25)28-20-14-8-15(22(6-7-22)21(26)27)17(31)9-16(14)29-11(2)30-20/h3-5,8,10,19,21H,6-7,9H2,1-2H3,(H,28,29,30)/t10-/m1/s1. The van der Waals surface area contributed by atoms with E-state index in [9.17, 15) is 26.7 Å². The van der Waals surface area contributed by atoms with Crippen molar-refractivity contribution >= 4 is 17.7 Å². The molecule has 0 spiro atoms. The predicted octanol–water partition coefficient (Wildman–Crippen LogP) is 5.59. The first-order valence-corrected chi connectivity index (χ1v) is 9.88. The van der Waals surface area contributed by atoms with Gasteiger partial charge in [-0.1, -0.05) is 18.2 Å². The molecule has 4 rings (SSSR count). The number of Topliss-reactive ketones (excluding diaryl/α,β-unsaturated/α-hetero) is 1. The first kappa shape index (κ1) is 21.4. The molecule has 0 amide bonds. The van der Waals surface area contributed by atoms with Crippen molar-refractivity contribution in [2.45, 2.75) is 52.0 Å². The Labute approximate surface area is 175 Å². The van der Waals surface area contributed by atoms with Gasteiger partial charge < -0.3 is 5.32 Å². The summed E-state index contributed by atoms with van der Waals surface area (Å²) in [5.41, 5.74) is -1.27. The molecule has 0 bridgehead atoms. The Morgan fingerprint density at radius 1 is 1.10 bits per heavy atom. The number of anilines is 1. The largest absolute Gasteiger partial charge is 0.363 e. The van der Waals surface area contributed by atoms with Crippen LogP contribution in [0.5, 0.6) is 0 Å². The minimum atomic E-state index is -2.96. The van der Waals surface area contributed by atoms with Crippen LogP contribution in [0.25, 0.3) is 6.08 Å². The van der Waals surface area contributed by atoms with Crippen LogP contribution in [0.1, 0.15) is 60.4 Å². The number of carbonyl (C=O) groups excluding carboxylic acids is 1. The second kappa shape index (κ2) is 7.69. The fourth-order valence-electron chi connectivity index (χ4n) is 4.02. The summed E-state index contributed by atoms with van der Waals surface area (Å²) in [5.74, 6) is -0.821. The van der Waals surface area contributed by atoms with E-state index < -0.39 is 41.5 Å². The molecule has 1 atom stereocenters. The van der Waals surface area contributed by atoms with Crippen LogP contribution in [0.4, 0.5) is 27.8 Å². The Hall–Kier alpha value is -2.84. The first-order chi connectivity index (χ1) is 14.6. The average Bonchev–Trinajstić information content (AvgIpc) is 3.49. The Morgan fingerprint density at radius 3 is 2.39 bits per heavy atom. The quantitative estimate of drug-likeness (QED) is 0.599. The number of ketones is 1. The molecule has 4 nitrogen and oxygen atoms in total. The molecule has 1 fully saturated rings. The molecule has 1 N–H and O–H groups in total. The van der Waals surface area contributed by atoms with Crippen LogP contribution >= 0.6 is 0 Å². The minimum Gasteiger partial charge on any atom is -0.363 e. The molecule has 9 heteroatoms. The van der Waals surface area contributed by atoms with Gasteiger partial charge in [-0.3, -0.25) is 4.79 Å². The molecule has 0 aliphatic heterocycles. The Balaban J connectivity index is 1.73. The maximum atomic E-state index is 14.6. The molecule has 2 aliphatic rings. The zero-order valence-electron chi connectivity index (χ0n) is 16.9. The van der Waals surface area contributed by atoms with E-state index in [1.807, 2.05) is 0 Å². The number of carbonyl (C=O) groups is 1. The molecule has 0 saturated heterocycles. The number of hydrogen-bond acceptors (Lipinski definition) is 4. The molecule has 1 saturated carbocycles. The number of alkyl halides is 4. The molecule has 2 aromatic rings. The number of aryl methyl sites for hydroxylation is 1. The normalized spacial score (nSPS) is 18.1. The van der Waals surface area contributed by atoms with Gasteiger partial charge in [-0.15, -0.1) is 0 Å². The van der Waals surface area contributed by atoms with Crippen LogP contribution in [0.3, 0.4) is 0 Å². The fraction of sp³-hybridized carbons (Fsp3) is 0.409. The van der Waals surface area contributed by atoms with Crippen LogP contribution in [0, 0.1) is 18.2 Å². The molecule has 1 heterocycles. The lowest BCUT2D eigenvalue weighted by molar-refractivity contribution is -0.116. The highest BCUT2D eigenvalue weighted by Crippen LogP contribution is 2.58. The summed E-state index contributed by atoms with van der Waals surface area (Å²) < 4.78 is 67.9. The van der Waals surface area contributed by atoms with Gasteiger partial charge in [0.1, 0.15) is 17.5 Å². The summed E-state index contributed by atoms with van der Waals surface area (Å²) in [6, 6.07) is 3.00. The molecule has 31 heavy (non-hydrogen) atoms. The van der Waals surface area contributed by atoms with Gasteiger partial charge in [0.2, 0.25) is 6.43 Å². The van der Waals surface area contributed by atoms with Crippen molar-refractivity contribution in [1.82, 2.24) is 9.97 Å². The molecule has 2 aliphatic carbocycles. The van der Waals surface area contributed by atoms with Gasteiger partial charge in [0.25, 0.3) is 6.43 Å². The van der Waals surface area contributed by atoms with Crippen molar-refractivity contribution in [3.8, 4) is 0 Å². The van der Waals surface area contributed by atoms with Crippen molar-refractivity contribution in [1.29, 1.82) is 0 Å². The van der Waals surface area contributed by atoms with Crippen molar-refractivity contribution in [3.05, 3.63) is 57.8 Å². The van der Waals surface area contributed by atoms with E-state index in [1.54, 1.807) is 13.8 Å². The van der Waals surface area contributed by atoms with Gasteiger partial charge in [0, 0.05) is 16.7 Å². The molecule has 1 aromatic heterocycles. The summed E-state index contributed by atoms with van der Waals surface area (Å²) in [6.45, 7) is 3.19. The number of hydrogen-bond donors (Lipinski definition) is 1. The van der Waals surface area contributed by atoms with Crippen LogP contribution in [0.2, 0.25) is 0 Å². The van der Waals surface area contributed by atoms with E-state index >= 15 is 0 Å². The lowest BCUT2D eigenvalue weighted by Gasteiger charge is -2.25. The second-order valence-corrected chi connectivity index (χ2v) is 8.01. The lowest BCUT2D eigenvalue weighted by atomic mass is 9.84. The average molecular weight is 437 g/mol. The summed E-state index contributed by atoms with van der Waals surface area (Å²) in [6.07, 6.45) is -3.87. The third-order valence-electron chi connectivity index (χ3n) is 5.91. The number of halogens is 5. The molecule has 164 valence electrons. The van der Waals surface area contributed by atoms with E-state index in [-0.39, 0.29) is 36.2 Å². The predicted molar refractivity (Wildman–Crippen MR) is 105 cm³/mol. The number of fused-ring (bicyclic) bond motifs is 1. The lowest BCUT2D eigenvalue weighted by Crippen LogP contribution is -2.26. The highest BCUT2D eigenvalue weighted by molar-refractivity contribution is 6.06. The van der Waals surface area contributed by atoms with E-state index in [1.165, 1.54) is 18.2 Å². The number of benzene rings is 1. The highest BCUT2D eigenvalue weighted by atomic mass is 19.3. The number of nitrogens with zero attached hydrogens (tertiary/aromatic N) is 2. The number of allylic oxidation sites excluding steroid dienone is 1. The smallest absolute Gasteiger partial charge is 0.266 e. The topological polar surface area (TPSA) is 54.9 Å². The molecule has 1 aromatic carbocycles. The Bertz CT molecular complexity index is 1080. The molecule has 0 unspecified atom stereocenters. The van der Waals surface area contributed by atoms with Crippen LogP contribution < -0.4 is 5.32 Å². The second-order valence-electron chi connectivity index (χ2n) is 8.01. The SMILES string of the molecule is Cc1nc2c(c(N[C@H](C)c3cccc(C(F)F)c3F)n1)C=C(C1(C(F)F)CC1)C(=O)C2. The van der Waals surface area contributed by atoms with Crippen LogP contribution in [-0.2, 0) is 11.2 Å². The van der Waals surface area contributed by atoms with Gasteiger partial charge in [0.05, 0.1) is 29.1 Å². The van der Waals surface area contributed by atoms with Crippen LogP contribution in [-0.4, -0.2) is 22.2 Å². The van der Waals surface area contributed by atoms with Crippen molar-refractivity contribution < 1.29 is 26.7 Å². The minimum absolute atomic E-state index is 0.0187. The van der Waals surface area contributed by atoms with E-state index in [4.69, 9.17) is 0 Å².